The van der Waals surface area contributed by atoms with Crippen molar-refractivity contribution in [2.24, 2.45) is 5.73 Å². The smallest absolute Gasteiger partial charge is 0.325 e. The Kier molecular flexibility index (Phi) is 9.39. The number of hydrogen-bond acceptors (Lipinski definition) is 5. The van der Waals surface area contributed by atoms with Crippen LogP contribution in [-0.2, 0) is 4.79 Å². The fourth-order valence-corrected chi connectivity index (χ4v) is 1.99. The third kappa shape index (κ3) is 7.77. The van der Waals surface area contributed by atoms with Crippen molar-refractivity contribution in [1.82, 2.24) is 16.0 Å². The summed E-state index contributed by atoms with van der Waals surface area (Å²) in [7, 11) is 0. The molecule has 0 saturated carbocycles. The maximum atomic E-state index is 11.3. The molecule has 6 heteroatoms. The van der Waals surface area contributed by atoms with Gasteiger partial charge in [0, 0.05) is 26.2 Å². The lowest BCUT2D eigenvalue weighted by Gasteiger charge is -2.15. The standard InChI is InChI=1S/C15H26N4O2/c16-7-10-17-8-4-9-18-11-12-19-14(15(20)21)13-5-2-1-3-6-13/h1-3,5-6,14,17-19H,4,7-12,16H2,(H,20,21). The Morgan fingerprint density at radius 3 is 2.33 bits per heavy atom. The predicted molar refractivity (Wildman–Crippen MR) is 84.2 cm³/mol. The topological polar surface area (TPSA) is 99.4 Å². The average Bonchev–Trinajstić information content (AvgIpc) is 2.50. The monoisotopic (exact) mass is 294 g/mol. The van der Waals surface area contributed by atoms with Crippen LogP contribution in [0, 0.1) is 0 Å². The van der Waals surface area contributed by atoms with Crippen molar-refractivity contribution < 1.29 is 9.90 Å². The van der Waals surface area contributed by atoms with Crippen LogP contribution in [-0.4, -0.2) is 50.3 Å². The number of hydrogen-bond donors (Lipinski definition) is 5. The van der Waals surface area contributed by atoms with E-state index in [2.05, 4.69) is 16.0 Å². The van der Waals surface area contributed by atoms with Crippen LogP contribution in [0.15, 0.2) is 30.3 Å². The molecule has 1 atom stereocenters. The van der Waals surface area contributed by atoms with Crippen molar-refractivity contribution in [3.8, 4) is 0 Å². The number of carbonyl (C=O) groups is 1. The zero-order valence-electron chi connectivity index (χ0n) is 12.3. The van der Waals surface area contributed by atoms with Crippen molar-refractivity contribution in [1.29, 1.82) is 0 Å². The van der Waals surface area contributed by atoms with Gasteiger partial charge in [-0.25, -0.2) is 0 Å². The molecule has 118 valence electrons. The van der Waals surface area contributed by atoms with E-state index in [9.17, 15) is 9.90 Å². The lowest BCUT2D eigenvalue weighted by molar-refractivity contribution is -0.139. The van der Waals surface area contributed by atoms with Gasteiger partial charge in [-0.15, -0.1) is 0 Å². The minimum absolute atomic E-state index is 0.613. The normalized spacial score (nSPS) is 12.2. The van der Waals surface area contributed by atoms with E-state index in [0.29, 0.717) is 13.1 Å². The molecule has 1 aromatic carbocycles. The largest absolute Gasteiger partial charge is 0.480 e. The molecule has 0 amide bonds. The van der Waals surface area contributed by atoms with Crippen molar-refractivity contribution in [3.05, 3.63) is 35.9 Å². The second-order valence-corrected chi connectivity index (χ2v) is 4.78. The average molecular weight is 294 g/mol. The highest BCUT2D eigenvalue weighted by Crippen LogP contribution is 2.11. The first-order valence-electron chi connectivity index (χ1n) is 7.38. The molecular formula is C15H26N4O2. The summed E-state index contributed by atoms with van der Waals surface area (Å²) >= 11 is 0. The molecule has 0 spiro atoms. The quantitative estimate of drug-likeness (QED) is 0.346. The van der Waals surface area contributed by atoms with Gasteiger partial charge in [-0.05, 0) is 25.1 Å². The zero-order valence-corrected chi connectivity index (χ0v) is 12.3. The summed E-state index contributed by atoms with van der Waals surface area (Å²) in [6, 6.07) is 8.56. The molecular weight excluding hydrogens is 268 g/mol. The van der Waals surface area contributed by atoms with E-state index in [1.54, 1.807) is 0 Å². The van der Waals surface area contributed by atoms with Crippen LogP contribution < -0.4 is 21.7 Å². The van der Waals surface area contributed by atoms with Gasteiger partial charge in [0.1, 0.15) is 6.04 Å². The second-order valence-electron chi connectivity index (χ2n) is 4.78. The summed E-state index contributed by atoms with van der Waals surface area (Å²) in [6.45, 7) is 4.71. The van der Waals surface area contributed by atoms with Gasteiger partial charge in [0.15, 0.2) is 0 Å². The highest BCUT2D eigenvalue weighted by Gasteiger charge is 2.17. The summed E-state index contributed by atoms with van der Waals surface area (Å²) in [5, 5.41) is 18.8. The van der Waals surface area contributed by atoms with Gasteiger partial charge in [-0.1, -0.05) is 30.3 Å². The summed E-state index contributed by atoms with van der Waals surface area (Å²) in [5.41, 5.74) is 6.15. The number of carboxylic acid groups (broad SMARTS) is 1. The Morgan fingerprint density at radius 2 is 1.71 bits per heavy atom. The zero-order chi connectivity index (χ0) is 15.3. The van der Waals surface area contributed by atoms with Crippen molar-refractivity contribution in [2.45, 2.75) is 12.5 Å². The van der Waals surface area contributed by atoms with Crippen molar-refractivity contribution >= 4 is 5.97 Å². The lowest BCUT2D eigenvalue weighted by Crippen LogP contribution is -2.35. The van der Waals surface area contributed by atoms with Gasteiger partial charge >= 0.3 is 5.97 Å². The van der Waals surface area contributed by atoms with Gasteiger partial charge in [-0.2, -0.15) is 0 Å². The number of aliphatic carboxylic acids is 1. The molecule has 0 aliphatic rings. The number of carboxylic acids is 1. The van der Waals surface area contributed by atoms with Crippen LogP contribution in [0.1, 0.15) is 18.0 Å². The number of nitrogens with one attached hydrogen (secondary N) is 3. The molecule has 1 aromatic rings. The maximum Gasteiger partial charge on any atom is 0.325 e. The van der Waals surface area contributed by atoms with E-state index < -0.39 is 12.0 Å². The van der Waals surface area contributed by atoms with E-state index in [-0.39, 0.29) is 0 Å². The highest BCUT2D eigenvalue weighted by atomic mass is 16.4. The first kappa shape index (κ1) is 17.6. The van der Waals surface area contributed by atoms with Crippen LogP contribution in [0.25, 0.3) is 0 Å². The molecule has 0 aliphatic heterocycles. The molecule has 0 fully saturated rings. The van der Waals surface area contributed by atoms with E-state index in [4.69, 9.17) is 5.73 Å². The second kappa shape index (κ2) is 11.2. The highest BCUT2D eigenvalue weighted by molar-refractivity contribution is 5.75. The summed E-state index contributed by atoms with van der Waals surface area (Å²) in [4.78, 5) is 11.3. The number of nitrogens with two attached hydrogens (primary N) is 1. The van der Waals surface area contributed by atoms with Gasteiger partial charge in [0.05, 0.1) is 0 Å². The summed E-state index contributed by atoms with van der Waals surface area (Å²) in [5.74, 6) is -0.854. The molecule has 6 N–H and O–H groups in total. The fourth-order valence-electron chi connectivity index (χ4n) is 1.99. The predicted octanol–water partition coefficient (Wildman–Crippen LogP) is -0.0701. The lowest BCUT2D eigenvalue weighted by atomic mass is 10.1. The summed E-state index contributed by atoms with van der Waals surface area (Å²) in [6.07, 6.45) is 1.03. The molecule has 0 radical (unpaired) electrons. The Hall–Kier alpha value is -1.47. The Labute approximate surface area is 126 Å². The molecule has 6 nitrogen and oxygen atoms in total. The molecule has 1 rings (SSSR count). The van der Waals surface area contributed by atoms with Crippen LogP contribution in [0.2, 0.25) is 0 Å². The van der Waals surface area contributed by atoms with Crippen molar-refractivity contribution in [2.75, 3.05) is 39.3 Å². The maximum absolute atomic E-state index is 11.3. The summed E-state index contributed by atoms with van der Waals surface area (Å²) < 4.78 is 0. The van der Waals surface area contributed by atoms with E-state index >= 15 is 0 Å². The third-order valence-electron chi connectivity index (χ3n) is 3.06. The number of benzene rings is 1. The van der Waals surface area contributed by atoms with Crippen LogP contribution in [0.3, 0.4) is 0 Å². The van der Waals surface area contributed by atoms with Crippen molar-refractivity contribution in [3.63, 3.8) is 0 Å². The molecule has 21 heavy (non-hydrogen) atoms. The number of rotatable bonds is 12. The van der Waals surface area contributed by atoms with Gasteiger partial charge in [0.25, 0.3) is 0 Å². The minimum Gasteiger partial charge on any atom is -0.480 e. The Bertz CT molecular complexity index is 387. The van der Waals surface area contributed by atoms with Gasteiger partial charge < -0.3 is 21.5 Å². The van der Waals surface area contributed by atoms with E-state index in [1.807, 2.05) is 30.3 Å². The minimum atomic E-state index is -0.854. The molecule has 1 unspecified atom stereocenters. The Morgan fingerprint density at radius 1 is 1.05 bits per heavy atom. The molecule has 0 aliphatic carbocycles. The van der Waals surface area contributed by atoms with Gasteiger partial charge in [-0.3, -0.25) is 10.1 Å². The van der Waals surface area contributed by atoms with Crippen LogP contribution in [0.4, 0.5) is 0 Å². The fraction of sp³-hybridized carbons (Fsp3) is 0.533. The van der Waals surface area contributed by atoms with E-state index in [0.717, 1.165) is 38.2 Å². The third-order valence-corrected chi connectivity index (χ3v) is 3.06. The molecule has 0 heterocycles. The van der Waals surface area contributed by atoms with E-state index in [1.165, 1.54) is 0 Å². The molecule has 0 aromatic heterocycles. The van der Waals surface area contributed by atoms with Crippen LogP contribution in [0.5, 0.6) is 0 Å². The molecule has 0 bridgehead atoms. The first-order chi connectivity index (χ1) is 10.3. The van der Waals surface area contributed by atoms with Crippen LogP contribution >= 0.6 is 0 Å². The molecule has 0 saturated heterocycles. The SMILES string of the molecule is NCCNCCCNCCNC(C(=O)O)c1ccccc1. The Balaban J connectivity index is 2.13. The first-order valence-corrected chi connectivity index (χ1v) is 7.38. The van der Waals surface area contributed by atoms with Gasteiger partial charge in [0.2, 0.25) is 0 Å².